The normalized spacial score (nSPS) is 11.5. The molecule has 1 heterocycles. The van der Waals surface area contributed by atoms with Gasteiger partial charge < -0.3 is 5.32 Å². The molecule has 21 heavy (non-hydrogen) atoms. The Labute approximate surface area is 129 Å². The van der Waals surface area contributed by atoms with E-state index < -0.39 is 10.0 Å². The average molecular weight is 325 g/mol. The van der Waals surface area contributed by atoms with E-state index >= 15 is 0 Å². The highest BCUT2D eigenvalue weighted by molar-refractivity contribution is 7.89. The summed E-state index contributed by atoms with van der Waals surface area (Å²) in [5, 5.41) is 5.95. The molecule has 0 radical (unpaired) electrons. The van der Waals surface area contributed by atoms with E-state index in [-0.39, 0.29) is 4.90 Å². The first-order valence-corrected chi connectivity index (χ1v) is 9.20. The molecule has 0 saturated carbocycles. The molecule has 2 aromatic rings. The number of rotatable bonds is 8. The Hall–Kier alpha value is -1.44. The smallest absolute Gasteiger partial charge is 0.242 e. The topological polar surface area (TPSA) is 71.1 Å². The number of nitrogens with one attached hydrogen (secondary N) is 2. The van der Waals surface area contributed by atoms with E-state index in [1.165, 1.54) is 11.3 Å². The Morgan fingerprint density at radius 3 is 2.76 bits per heavy atom. The van der Waals surface area contributed by atoms with Crippen LogP contribution in [0.3, 0.4) is 0 Å². The fraction of sp³-hybridized carbons (Fsp3) is 0.357. The van der Waals surface area contributed by atoms with Crippen molar-refractivity contribution in [2.24, 2.45) is 0 Å². The summed E-state index contributed by atoms with van der Waals surface area (Å²) in [5.41, 5.74) is 0.640. The van der Waals surface area contributed by atoms with Crippen LogP contribution >= 0.6 is 11.3 Å². The van der Waals surface area contributed by atoms with Crippen molar-refractivity contribution in [2.75, 3.05) is 18.4 Å². The van der Waals surface area contributed by atoms with Gasteiger partial charge in [0.2, 0.25) is 10.0 Å². The number of hydrogen-bond acceptors (Lipinski definition) is 5. The van der Waals surface area contributed by atoms with Gasteiger partial charge in [-0.1, -0.05) is 19.1 Å². The standard InChI is InChI=1S/C14H19N3O2S2/c1-2-8-15-12-5-3-4-6-13(12)21(18,19)17-9-7-14-16-10-11-20-14/h3-6,10-11,15,17H,2,7-9H2,1H3. The van der Waals surface area contributed by atoms with Gasteiger partial charge in [-0.3, -0.25) is 0 Å². The first-order valence-electron chi connectivity index (χ1n) is 6.84. The maximum Gasteiger partial charge on any atom is 0.242 e. The Kier molecular flexibility index (Phi) is 5.72. The van der Waals surface area contributed by atoms with Crippen molar-refractivity contribution in [2.45, 2.75) is 24.7 Å². The summed E-state index contributed by atoms with van der Waals surface area (Å²) in [4.78, 5) is 4.43. The largest absolute Gasteiger partial charge is 0.384 e. The summed E-state index contributed by atoms with van der Waals surface area (Å²) in [6.45, 7) is 3.12. The van der Waals surface area contributed by atoms with Crippen LogP contribution in [0, 0.1) is 0 Å². The number of anilines is 1. The highest BCUT2D eigenvalue weighted by atomic mass is 32.2. The lowest BCUT2D eigenvalue weighted by molar-refractivity contribution is 0.582. The van der Waals surface area contributed by atoms with Crippen molar-refractivity contribution in [3.63, 3.8) is 0 Å². The van der Waals surface area contributed by atoms with Crippen LogP contribution in [-0.2, 0) is 16.4 Å². The van der Waals surface area contributed by atoms with Crippen molar-refractivity contribution in [3.8, 4) is 0 Å². The first-order chi connectivity index (χ1) is 10.1. The third kappa shape index (κ3) is 4.52. The van der Waals surface area contributed by atoms with E-state index in [1.54, 1.807) is 24.4 Å². The van der Waals surface area contributed by atoms with E-state index in [0.29, 0.717) is 18.7 Å². The van der Waals surface area contributed by atoms with Crippen LogP contribution in [0.2, 0.25) is 0 Å². The molecule has 0 bridgehead atoms. The Bertz CT molecular complexity index is 655. The van der Waals surface area contributed by atoms with Gasteiger partial charge >= 0.3 is 0 Å². The Balaban J connectivity index is 2.04. The maximum absolute atomic E-state index is 12.4. The molecule has 5 nitrogen and oxygen atoms in total. The van der Waals surface area contributed by atoms with Crippen LogP contribution in [0.5, 0.6) is 0 Å². The second-order valence-corrected chi connectivity index (χ2v) is 7.21. The molecule has 0 unspecified atom stereocenters. The van der Waals surface area contributed by atoms with Gasteiger partial charge in [0.05, 0.1) is 10.7 Å². The third-order valence-electron chi connectivity index (χ3n) is 2.86. The van der Waals surface area contributed by atoms with Gasteiger partial charge in [0.15, 0.2) is 0 Å². The second kappa shape index (κ2) is 7.53. The molecule has 0 saturated heterocycles. The third-order valence-corrected chi connectivity index (χ3v) is 5.22. The van der Waals surface area contributed by atoms with Crippen molar-refractivity contribution >= 4 is 27.0 Å². The molecular formula is C14H19N3O2S2. The molecule has 0 aliphatic heterocycles. The molecule has 0 aliphatic rings. The van der Waals surface area contributed by atoms with Gasteiger partial charge in [0.25, 0.3) is 0 Å². The highest BCUT2D eigenvalue weighted by Crippen LogP contribution is 2.20. The number of nitrogens with zero attached hydrogens (tertiary/aromatic N) is 1. The fourth-order valence-corrected chi connectivity index (χ4v) is 3.69. The minimum absolute atomic E-state index is 0.289. The summed E-state index contributed by atoms with van der Waals surface area (Å²) < 4.78 is 27.4. The zero-order valence-corrected chi connectivity index (χ0v) is 13.5. The number of thiazole rings is 1. The van der Waals surface area contributed by atoms with Crippen LogP contribution in [0.1, 0.15) is 18.4 Å². The number of aromatic nitrogens is 1. The van der Waals surface area contributed by atoms with Gasteiger partial charge in [-0.05, 0) is 18.6 Å². The molecule has 0 amide bonds. The predicted molar refractivity (Wildman–Crippen MR) is 86.2 cm³/mol. The number of para-hydroxylation sites is 1. The zero-order chi connectivity index (χ0) is 15.1. The van der Waals surface area contributed by atoms with Crippen LogP contribution in [-0.4, -0.2) is 26.5 Å². The predicted octanol–water partition coefficient (Wildman–Crippen LogP) is 2.49. The number of benzene rings is 1. The summed E-state index contributed by atoms with van der Waals surface area (Å²) in [7, 11) is -3.51. The first kappa shape index (κ1) is 15.9. The van der Waals surface area contributed by atoms with Crippen molar-refractivity contribution in [3.05, 3.63) is 40.8 Å². The lowest BCUT2D eigenvalue weighted by Gasteiger charge is -2.12. The summed E-state index contributed by atoms with van der Waals surface area (Å²) in [5.74, 6) is 0. The molecule has 0 spiro atoms. The molecule has 0 aliphatic carbocycles. The molecule has 2 rings (SSSR count). The van der Waals surface area contributed by atoms with Crippen LogP contribution in [0.25, 0.3) is 0 Å². The number of hydrogen-bond donors (Lipinski definition) is 2. The second-order valence-electron chi connectivity index (χ2n) is 4.50. The summed E-state index contributed by atoms with van der Waals surface area (Å²) >= 11 is 1.53. The summed E-state index contributed by atoms with van der Waals surface area (Å²) in [6.07, 6.45) is 3.26. The lowest BCUT2D eigenvalue weighted by atomic mass is 10.3. The lowest BCUT2D eigenvalue weighted by Crippen LogP contribution is -2.26. The van der Waals surface area contributed by atoms with Gasteiger partial charge in [0.1, 0.15) is 4.90 Å². The maximum atomic E-state index is 12.4. The molecule has 2 N–H and O–H groups in total. The Morgan fingerprint density at radius 1 is 1.24 bits per heavy atom. The van der Waals surface area contributed by atoms with E-state index in [9.17, 15) is 8.42 Å². The van der Waals surface area contributed by atoms with Crippen molar-refractivity contribution in [1.29, 1.82) is 0 Å². The average Bonchev–Trinajstić information content (AvgIpc) is 2.98. The Morgan fingerprint density at radius 2 is 2.05 bits per heavy atom. The van der Waals surface area contributed by atoms with Gasteiger partial charge in [-0.25, -0.2) is 18.1 Å². The fourth-order valence-electron chi connectivity index (χ4n) is 1.85. The molecule has 0 atom stereocenters. The molecule has 114 valence electrons. The molecule has 1 aromatic carbocycles. The van der Waals surface area contributed by atoms with Crippen molar-refractivity contribution < 1.29 is 8.42 Å². The SMILES string of the molecule is CCCNc1ccccc1S(=O)(=O)NCCc1nccs1. The molecular weight excluding hydrogens is 306 g/mol. The molecule has 7 heteroatoms. The monoisotopic (exact) mass is 325 g/mol. The molecule has 1 aromatic heterocycles. The minimum atomic E-state index is -3.51. The quantitative estimate of drug-likeness (QED) is 0.782. The van der Waals surface area contributed by atoms with Gasteiger partial charge in [-0.2, -0.15) is 0 Å². The van der Waals surface area contributed by atoms with E-state index in [0.717, 1.165) is 18.0 Å². The van der Waals surface area contributed by atoms with Gasteiger partial charge in [0, 0.05) is 31.1 Å². The van der Waals surface area contributed by atoms with Crippen LogP contribution in [0.15, 0.2) is 40.7 Å². The summed E-state index contributed by atoms with van der Waals surface area (Å²) in [6, 6.07) is 6.95. The van der Waals surface area contributed by atoms with E-state index in [4.69, 9.17) is 0 Å². The van der Waals surface area contributed by atoms with Crippen LogP contribution < -0.4 is 10.0 Å². The highest BCUT2D eigenvalue weighted by Gasteiger charge is 2.17. The molecule has 0 fully saturated rings. The van der Waals surface area contributed by atoms with E-state index in [1.807, 2.05) is 18.4 Å². The minimum Gasteiger partial charge on any atom is -0.384 e. The zero-order valence-electron chi connectivity index (χ0n) is 11.9. The van der Waals surface area contributed by atoms with Crippen LogP contribution in [0.4, 0.5) is 5.69 Å². The van der Waals surface area contributed by atoms with Crippen molar-refractivity contribution in [1.82, 2.24) is 9.71 Å². The van der Waals surface area contributed by atoms with Gasteiger partial charge in [-0.15, -0.1) is 11.3 Å². The number of sulfonamides is 1. The van der Waals surface area contributed by atoms with E-state index in [2.05, 4.69) is 15.0 Å².